The molecule has 1 N–H and O–H groups in total. The van der Waals surface area contributed by atoms with E-state index in [4.69, 9.17) is 28.3 Å². The number of rotatable bonds is 6. The summed E-state index contributed by atoms with van der Waals surface area (Å²) in [6.45, 7) is 2.18. The Morgan fingerprint density at radius 3 is 2.28 bits per heavy atom. The lowest BCUT2D eigenvalue weighted by molar-refractivity contribution is 0.271. The third kappa shape index (κ3) is 3.36. The predicted molar refractivity (Wildman–Crippen MR) is 72.6 cm³/mol. The molecule has 1 rings (SSSR count). The van der Waals surface area contributed by atoms with Gasteiger partial charge in [-0.1, -0.05) is 36.2 Å². The number of benzene rings is 1. The Bertz CT molecular complexity index is 485. The second kappa shape index (κ2) is 6.73. The minimum absolute atomic E-state index is 0.0672. The topological polar surface area (TPSA) is 57.6 Å². The molecule has 0 aliphatic rings. The third-order valence-corrected chi connectivity index (χ3v) is 5.37. The van der Waals surface area contributed by atoms with E-state index < -0.39 is 10.0 Å². The summed E-state index contributed by atoms with van der Waals surface area (Å²) in [5, 5.41) is 8.99. The maximum Gasteiger partial charge on any atom is 0.246 e. The summed E-state index contributed by atoms with van der Waals surface area (Å²) in [7, 11) is -3.73. The number of hydrogen-bond donors (Lipinski definition) is 1. The first kappa shape index (κ1) is 15.7. The van der Waals surface area contributed by atoms with Gasteiger partial charge in [0.2, 0.25) is 10.0 Å². The molecule has 0 aromatic heterocycles. The van der Waals surface area contributed by atoms with Crippen molar-refractivity contribution in [3.05, 3.63) is 28.2 Å². The minimum atomic E-state index is -3.73. The van der Waals surface area contributed by atoms with E-state index >= 15 is 0 Å². The molecular weight excluding hydrogens is 297 g/mol. The van der Waals surface area contributed by atoms with Crippen LogP contribution in [-0.2, 0) is 10.0 Å². The van der Waals surface area contributed by atoms with Crippen molar-refractivity contribution < 1.29 is 13.5 Å². The molecule has 0 amide bonds. The van der Waals surface area contributed by atoms with Crippen LogP contribution in [0.25, 0.3) is 0 Å². The van der Waals surface area contributed by atoms with E-state index in [2.05, 4.69) is 0 Å². The first-order valence-electron chi connectivity index (χ1n) is 5.50. The fourth-order valence-electron chi connectivity index (χ4n) is 1.55. The van der Waals surface area contributed by atoms with Gasteiger partial charge in [-0.05, 0) is 18.6 Å². The van der Waals surface area contributed by atoms with Gasteiger partial charge in [0, 0.05) is 19.7 Å². The van der Waals surface area contributed by atoms with E-state index in [9.17, 15) is 8.42 Å². The van der Waals surface area contributed by atoms with E-state index in [0.717, 1.165) is 0 Å². The first-order chi connectivity index (χ1) is 8.45. The summed E-state index contributed by atoms with van der Waals surface area (Å²) in [6.07, 6.45) is 0.370. The zero-order valence-electron chi connectivity index (χ0n) is 9.94. The monoisotopic (exact) mass is 311 g/mol. The van der Waals surface area contributed by atoms with Crippen LogP contribution in [-0.4, -0.2) is 37.5 Å². The largest absolute Gasteiger partial charge is 0.396 e. The Labute approximate surface area is 117 Å². The van der Waals surface area contributed by atoms with Crippen LogP contribution in [0.5, 0.6) is 0 Å². The molecule has 18 heavy (non-hydrogen) atoms. The molecule has 0 heterocycles. The molecule has 1 aromatic rings. The van der Waals surface area contributed by atoms with Crippen molar-refractivity contribution >= 4 is 33.2 Å². The normalized spacial score (nSPS) is 12.1. The highest BCUT2D eigenvalue weighted by Crippen LogP contribution is 2.31. The van der Waals surface area contributed by atoms with E-state index in [1.807, 2.05) is 0 Å². The summed E-state index contributed by atoms with van der Waals surface area (Å²) in [6, 6.07) is 4.56. The highest BCUT2D eigenvalue weighted by atomic mass is 35.5. The molecule has 0 atom stereocenters. The highest BCUT2D eigenvalue weighted by molar-refractivity contribution is 7.89. The molecule has 1 aromatic carbocycles. The van der Waals surface area contributed by atoms with Crippen molar-refractivity contribution in [2.45, 2.75) is 18.2 Å². The Morgan fingerprint density at radius 2 is 1.83 bits per heavy atom. The Hall–Kier alpha value is -0.330. The molecular formula is C11H15Cl2NO3S. The summed E-state index contributed by atoms with van der Waals surface area (Å²) in [5.74, 6) is 0. The van der Waals surface area contributed by atoms with Gasteiger partial charge in [0.15, 0.2) is 0 Å². The Balaban J connectivity index is 3.19. The van der Waals surface area contributed by atoms with Crippen molar-refractivity contribution in [1.29, 1.82) is 0 Å². The van der Waals surface area contributed by atoms with Crippen LogP contribution >= 0.6 is 23.2 Å². The smallest absolute Gasteiger partial charge is 0.246 e. The molecule has 0 radical (unpaired) electrons. The van der Waals surface area contributed by atoms with Crippen LogP contribution in [0.4, 0.5) is 0 Å². The van der Waals surface area contributed by atoms with Crippen LogP contribution in [0.2, 0.25) is 10.0 Å². The van der Waals surface area contributed by atoms with Crippen LogP contribution in [0.15, 0.2) is 23.1 Å². The molecule has 0 aliphatic carbocycles. The van der Waals surface area contributed by atoms with Crippen LogP contribution in [0.1, 0.15) is 13.3 Å². The van der Waals surface area contributed by atoms with Gasteiger partial charge in [-0.2, -0.15) is 4.31 Å². The number of aliphatic hydroxyl groups excluding tert-OH is 1. The standard InChI is InChI=1S/C11H15Cl2NO3S/c1-2-14(7-4-8-15)18(16,17)11-9(12)5-3-6-10(11)13/h3,5-6,15H,2,4,7-8H2,1H3. The number of nitrogens with zero attached hydrogens (tertiary/aromatic N) is 1. The number of sulfonamides is 1. The van der Waals surface area contributed by atoms with Crippen LogP contribution in [0, 0.1) is 0 Å². The molecule has 0 aliphatic heterocycles. The third-order valence-electron chi connectivity index (χ3n) is 2.44. The lowest BCUT2D eigenvalue weighted by Crippen LogP contribution is -2.32. The maximum absolute atomic E-state index is 12.4. The van der Waals surface area contributed by atoms with Gasteiger partial charge in [0.25, 0.3) is 0 Å². The van der Waals surface area contributed by atoms with Crippen molar-refractivity contribution in [1.82, 2.24) is 4.31 Å². The first-order valence-corrected chi connectivity index (χ1v) is 7.69. The van der Waals surface area contributed by atoms with E-state index in [1.165, 1.54) is 16.4 Å². The summed E-state index contributed by atoms with van der Waals surface area (Å²) < 4.78 is 26.0. The van der Waals surface area contributed by atoms with Crippen molar-refractivity contribution in [2.24, 2.45) is 0 Å². The molecule has 0 bridgehead atoms. The summed E-state index contributed by atoms with van der Waals surface area (Å²) in [4.78, 5) is -0.0758. The second-order valence-corrected chi connectivity index (χ2v) is 6.31. The average molecular weight is 312 g/mol. The molecule has 102 valence electrons. The van der Waals surface area contributed by atoms with Gasteiger partial charge in [-0.15, -0.1) is 0 Å². The molecule has 0 saturated carbocycles. The molecule has 0 unspecified atom stereocenters. The van der Waals surface area contributed by atoms with Crippen molar-refractivity contribution in [3.63, 3.8) is 0 Å². The van der Waals surface area contributed by atoms with E-state index in [-0.39, 0.29) is 28.1 Å². The number of aliphatic hydroxyl groups is 1. The lowest BCUT2D eigenvalue weighted by Gasteiger charge is -2.21. The summed E-state index contributed by atoms with van der Waals surface area (Å²) >= 11 is 11.8. The molecule has 4 nitrogen and oxygen atoms in total. The maximum atomic E-state index is 12.4. The van der Waals surface area contributed by atoms with Crippen molar-refractivity contribution in [2.75, 3.05) is 19.7 Å². The minimum Gasteiger partial charge on any atom is -0.396 e. The van der Waals surface area contributed by atoms with Crippen LogP contribution in [0.3, 0.4) is 0 Å². The van der Waals surface area contributed by atoms with Gasteiger partial charge in [0.1, 0.15) is 4.90 Å². The Kier molecular flexibility index (Phi) is 5.88. The van der Waals surface area contributed by atoms with Crippen molar-refractivity contribution in [3.8, 4) is 0 Å². The van der Waals surface area contributed by atoms with Gasteiger partial charge in [-0.3, -0.25) is 0 Å². The zero-order valence-corrected chi connectivity index (χ0v) is 12.3. The fraction of sp³-hybridized carbons (Fsp3) is 0.455. The average Bonchev–Trinajstić information content (AvgIpc) is 2.29. The summed E-state index contributed by atoms with van der Waals surface area (Å²) in [5.41, 5.74) is 0. The van der Waals surface area contributed by atoms with Gasteiger partial charge < -0.3 is 5.11 Å². The van der Waals surface area contributed by atoms with Gasteiger partial charge >= 0.3 is 0 Å². The highest BCUT2D eigenvalue weighted by Gasteiger charge is 2.27. The number of halogens is 2. The fourth-order valence-corrected chi connectivity index (χ4v) is 4.13. The Morgan fingerprint density at radius 1 is 1.28 bits per heavy atom. The lowest BCUT2D eigenvalue weighted by atomic mass is 10.4. The SMILES string of the molecule is CCN(CCCO)S(=O)(=O)c1c(Cl)cccc1Cl. The van der Waals surface area contributed by atoms with E-state index in [1.54, 1.807) is 13.0 Å². The zero-order chi connectivity index (χ0) is 13.8. The molecule has 0 spiro atoms. The quantitative estimate of drug-likeness (QED) is 0.877. The van der Waals surface area contributed by atoms with Gasteiger partial charge in [-0.25, -0.2) is 8.42 Å². The van der Waals surface area contributed by atoms with Gasteiger partial charge in [0.05, 0.1) is 10.0 Å². The molecule has 7 heteroatoms. The van der Waals surface area contributed by atoms with Crippen LogP contribution < -0.4 is 0 Å². The molecule has 0 fully saturated rings. The number of hydrogen-bond acceptors (Lipinski definition) is 3. The molecule has 0 saturated heterocycles. The second-order valence-electron chi connectivity index (χ2n) is 3.62. The predicted octanol–water partition coefficient (Wildman–Crippen LogP) is 2.39. The van der Waals surface area contributed by atoms with E-state index in [0.29, 0.717) is 13.0 Å².